The summed E-state index contributed by atoms with van der Waals surface area (Å²) in [6.07, 6.45) is 3.53. The maximum Gasteiger partial charge on any atom is 0.0453 e. The first-order chi connectivity index (χ1) is 9.22. The Balaban J connectivity index is 2.59. The first-order valence-electron chi connectivity index (χ1n) is 7.36. The second-order valence-electron chi connectivity index (χ2n) is 4.99. The highest BCUT2D eigenvalue weighted by atomic mass is 35.5. The van der Waals surface area contributed by atoms with E-state index in [1.54, 1.807) is 0 Å². The van der Waals surface area contributed by atoms with Crippen LogP contribution in [-0.2, 0) is 0 Å². The first-order valence-corrected chi connectivity index (χ1v) is 7.74. The average Bonchev–Trinajstić information content (AvgIpc) is 2.41. The summed E-state index contributed by atoms with van der Waals surface area (Å²) in [5.74, 6) is 0. The Bertz CT molecular complexity index is 348. The van der Waals surface area contributed by atoms with Crippen molar-refractivity contribution in [1.29, 1.82) is 0 Å². The van der Waals surface area contributed by atoms with Crippen LogP contribution in [0, 0.1) is 0 Å². The topological polar surface area (TPSA) is 15.3 Å². The summed E-state index contributed by atoms with van der Waals surface area (Å²) < 4.78 is 0. The van der Waals surface area contributed by atoms with E-state index in [2.05, 4.69) is 36.2 Å². The van der Waals surface area contributed by atoms with Crippen LogP contribution in [0.15, 0.2) is 24.3 Å². The highest BCUT2D eigenvalue weighted by Crippen LogP contribution is 2.24. The van der Waals surface area contributed by atoms with Crippen molar-refractivity contribution in [3.05, 3.63) is 34.9 Å². The van der Waals surface area contributed by atoms with Crippen molar-refractivity contribution < 1.29 is 0 Å². The van der Waals surface area contributed by atoms with E-state index in [-0.39, 0.29) is 0 Å². The van der Waals surface area contributed by atoms with E-state index in [9.17, 15) is 0 Å². The van der Waals surface area contributed by atoms with Gasteiger partial charge < -0.3 is 10.2 Å². The Labute approximate surface area is 123 Å². The van der Waals surface area contributed by atoms with Crippen LogP contribution in [0.2, 0.25) is 5.02 Å². The first kappa shape index (κ1) is 16.5. The molecule has 0 heterocycles. The van der Waals surface area contributed by atoms with Crippen molar-refractivity contribution in [2.45, 2.75) is 39.2 Å². The minimum absolute atomic E-state index is 0.338. The highest BCUT2D eigenvalue weighted by molar-refractivity contribution is 6.31. The Morgan fingerprint density at radius 3 is 2.26 bits per heavy atom. The van der Waals surface area contributed by atoms with E-state index < -0.39 is 0 Å². The minimum Gasteiger partial charge on any atom is -0.313 e. The molecule has 0 saturated carbocycles. The van der Waals surface area contributed by atoms with E-state index in [0.29, 0.717) is 6.04 Å². The second-order valence-corrected chi connectivity index (χ2v) is 5.40. The van der Waals surface area contributed by atoms with Crippen LogP contribution >= 0.6 is 11.6 Å². The van der Waals surface area contributed by atoms with Crippen LogP contribution in [0.25, 0.3) is 0 Å². The molecule has 3 heteroatoms. The van der Waals surface area contributed by atoms with Crippen LogP contribution in [0.1, 0.15) is 44.7 Å². The molecule has 0 saturated heterocycles. The van der Waals surface area contributed by atoms with E-state index in [1.807, 2.05) is 19.2 Å². The number of hydrogen-bond donors (Lipinski definition) is 1. The third-order valence-corrected chi connectivity index (χ3v) is 3.79. The third-order valence-electron chi connectivity index (χ3n) is 3.44. The lowest BCUT2D eigenvalue weighted by Crippen LogP contribution is -2.30. The summed E-state index contributed by atoms with van der Waals surface area (Å²) in [6.45, 7) is 7.98. The van der Waals surface area contributed by atoms with E-state index >= 15 is 0 Å². The Morgan fingerprint density at radius 1 is 1.11 bits per heavy atom. The quantitative estimate of drug-likeness (QED) is 0.733. The summed E-state index contributed by atoms with van der Waals surface area (Å²) in [7, 11) is 2.01. The number of nitrogens with zero attached hydrogens (tertiary/aromatic N) is 1. The molecule has 19 heavy (non-hydrogen) atoms. The maximum atomic E-state index is 6.28. The lowest BCUT2D eigenvalue weighted by Gasteiger charge is -2.25. The Hall–Kier alpha value is -0.570. The molecule has 0 spiro atoms. The van der Waals surface area contributed by atoms with E-state index in [1.165, 1.54) is 31.5 Å². The van der Waals surface area contributed by atoms with Gasteiger partial charge in [0.2, 0.25) is 0 Å². The van der Waals surface area contributed by atoms with Gasteiger partial charge in [0.25, 0.3) is 0 Å². The van der Waals surface area contributed by atoms with Gasteiger partial charge in [-0.25, -0.2) is 0 Å². The molecule has 1 aromatic rings. The summed E-state index contributed by atoms with van der Waals surface area (Å²) >= 11 is 6.28. The number of nitrogens with one attached hydrogen (secondary N) is 1. The lowest BCUT2D eigenvalue weighted by atomic mass is 10.0. The molecule has 0 bridgehead atoms. The molecule has 108 valence electrons. The summed E-state index contributed by atoms with van der Waals surface area (Å²) in [5, 5.41) is 4.25. The van der Waals surface area contributed by atoms with Crippen molar-refractivity contribution in [3.63, 3.8) is 0 Å². The van der Waals surface area contributed by atoms with E-state index in [0.717, 1.165) is 18.0 Å². The summed E-state index contributed by atoms with van der Waals surface area (Å²) in [4.78, 5) is 2.54. The van der Waals surface area contributed by atoms with Gasteiger partial charge in [-0.1, -0.05) is 43.6 Å². The fourth-order valence-electron chi connectivity index (χ4n) is 2.49. The van der Waals surface area contributed by atoms with Crippen LogP contribution in [0.4, 0.5) is 0 Å². The van der Waals surface area contributed by atoms with Crippen molar-refractivity contribution in [2.24, 2.45) is 0 Å². The van der Waals surface area contributed by atoms with Gasteiger partial charge in [0.05, 0.1) is 0 Å². The zero-order valence-corrected chi connectivity index (χ0v) is 13.2. The predicted octanol–water partition coefficient (Wildman–Crippen LogP) is 4.11. The normalized spacial score (nSPS) is 12.9. The van der Waals surface area contributed by atoms with E-state index in [4.69, 9.17) is 11.6 Å². The Morgan fingerprint density at radius 2 is 1.74 bits per heavy atom. The molecule has 2 nitrogen and oxygen atoms in total. The van der Waals surface area contributed by atoms with Crippen LogP contribution in [0.3, 0.4) is 0 Å². The molecule has 1 atom stereocenters. The van der Waals surface area contributed by atoms with Gasteiger partial charge in [0.1, 0.15) is 0 Å². The van der Waals surface area contributed by atoms with Crippen molar-refractivity contribution in [3.8, 4) is 0 Å². The van der Waals surface area contributed by atoms with Crippen molar-refractivity contribution >= 4 is 11.6 Å². The molecular formula is C16H27ClN2. The highest BCUT2D eigenvalue weighted by Gasteiger charge is 2.13. The van der Waals surface area contributed by atoms with Gasteiger partial charge in [0, 0.05) is 11.1 Å². The monoisotopic (exact) mass is 282 g/mol. The number of rotatable bonds is 9. The van der Waals surface area contributed by atoms with Gasteiger partial charge in [0.15, 0.2) is 0 Å². The predicted molar refractivity (Wildman–Crippen MR) is 84.9 cm³/mol. The largest absolute Gasteiger partial charge is 0.313 e. The van der Waals surface area contributed by atoms with Crippen molar-refractivity contribution in [2.75, 3.05) is 26.7 Å². The smallest absolute Gasteiger partial charge is 0.0453 e. The maximum absolute atomic E-state index is 6.28. The molecule has 1 aromatic carbocycles. The third kappa shape index (κ3) is 5.52. The molecule has 0 aliphatic carbocycles. The van der Waals surface area contributed by atoms with Gasteiger partial charge in [-0.2, -0.15) is 0 Å². The fraction of sp³-hybridized carbons (Fsp3) is 0.625. The molecule has 1 rings (SSSR count). The van der Waals surface area contributed by atoms with Gasteiger partial charge >= 0.3 is 0 Å². The lowest BCUT2D eigenvalue weighted by molar-refractivity contribution is 0.259. The average molecular weight is 283 g/mol. The minimum atomic E-state index is 0.338. The van der Waals surface area contributed by atoms with Crippen LogP contribution < -0.4 is 5.32 Å². The standard InChI is InChI=1S/C16H27ClN2/c1-4-11-19(12-5-2)13-10-16(18-3)14-8-6-7-9-15(14)17/h6-9,16,18H,4-5,10-13H2,1-3H3. The fourth-order valence-corrected chi connectivity index (χ4v) is 2.76. The Kier molecular flexibility index (Phi) is 8.11. The van der Waals surface area contributed by atoms with Gasteiger partial charge in [-0.15, -0.1) is 0 Å². The molecule has 0 fully saturated rings. The molecule has 1 N–H and O–H groups in total. The van der Waals surface area contributed by atoms with Crippen LogP contribution in [-0.4, -0.2) is 31.6 Å². The number of benzene rings is 1. The zero-order valence-electron chi connectivity index (χ0n) is 12.5. The molecule has 0 amide bonds. The molecule has 0 aliphatic rings. The summed E-state index contributed by atoms with van der Waals surface area (Å²) in [5.41, 5.74) is 1.21. The van der Waals surface area contributed by atoms with Crippen molar-refractivity contribution in [1.82, 2.24) is 10.2 Å². The molecule has 1 unspecified atom stereocenters. The molecular weight excluding hydrogens is 256 g/mol. The van der Waals surface area contributed by atoms with Gasteiger partial charge in [-0.3, -0.25) is 0 Å². The molecule has 0 aliphatic heterocycles. The SMILES string of the molecule is CCCN(CCC)CCC(NC)c1ccccc1Cl. The van der Waals surface area contributed by atoms with Crippen LogP contribution in [0.5, 0.6) is 0 Å². The number of hydrogen-bond acceptors (Lipinski definition) is 2. The van der Waals surface area contributed by atoms with Gasteiger partial charge in [-0.05, 0) is 57.6 Å². The molecule has 0 radical (unpaired) electrons. The number of halogens is 1. The molecule has 0 aromatic heterocycles. The second kappa shape index (κ2) is 9.35. The zero-order chi connectivity index (χ0) is 14.1. The summed E-state index contributed by atoms with van der Waals surface area (Å²) in [6, 6.07) is 8.47.